The number of likely N-dealkylation sites (N-methyl/N-ethyl adjacent to an activating group) is 1. The molecular formula is C32H35ClN2O2. The van der Waals surface area contributed by atoms with Gasteiger partial charge in [-0.05, 0) is 99.4 Å². The number of hydrogen-bond acceptors (Lipinski definition) is 3. The number of ether oxygens (including phenoxy) is 1. The lowest BCUT2D eigenvalue weighted by Crippen LogP contribution is -2.46. The number of halogens is 1. The van der Waals surface area contributed by atoms with E-state index in [9.17, 15) is 4.79 Å². The first kappa shape index (κ1) is 23.6. The van der Waals surface area contributed by atoms with Gasteiger partial charge in [-0.15, -0.1) is 0 Å². The van der Waals surface area contributed by atoms with Crippen molar-refractivity contribution < 1.29 is 9.53 Å². The van der Waals surface area contributed by atoms with Gasteiger partial charge in [-0.2, -0.15) is 0 Å². The summed E-state index contributed by atoms with van der Waals surface area (Å²) >= 11 is 6.70. The molecule has 1 spiro atoms. The van der Waals surface area contributed by atoms with Crippen molar-refractivity contribution in [3.63, 3.8) is 0 Å². The zero-order chi connectivity index (χ0) is 25.1. The molecule has 0 bridgehead atoms. The van der Waals surface area contributed by atoms with Crippen LogP contribution < -0.4 is 9.64 Å². The zero-order valence-corrected chi connectivity index (χ0v) is 22.4. The van der Waals surface area contributed by atoms with Crippen LogP contribution in [-0.2, 0) is 6.42 Å². The van der Waals surface area contributed by atoms with E-state index in [4.69, 9.17) is 16.3 Å². The van der Waals surface area contributed by atoms with E-state index in [0.717, 1.165) is 65.6 Å². The second-order valence-electron chi connectivity index (χ2n) is 11.9. The number of carbonyl (C=O) groups is 1. The van der Waals surface area contributed by atoms with E-state index < -0.39 is 0 Å². The minimum atomic E-state index is 0.0295. The number of anilines is 1. The molecule has 5 heteroatoms. The molecule has 5 aliphatic rings. The SMILES string of the molecule is CN1[C@@H]2C[C@@H](Oc3ccc(N4CCc5cc(C#CCC6CCCC6)ccc5C4=O)cc3Cl)C[C@H]3CCC321. The predicted molar refractivity (Wildman–Crippen MR) is 147 cm³/mol. The Hall–Kier alpha value is -2.48. The number of carbonyl (C=O) groups excluding carboxylic acids is 1. The fourth-order valence-corrected chi connectivity index (χ4v) is 8.03. The van der Waals surface area contributed by atoms with Crippen LogP contribution in [0.15, 0.2) is 36.4 Å². The molecule has 2 aromatic rings. The lowest BCUT2D eigenvalue weighted by Gasteiger charge is -2.43. The molecule has 5 atom stereocenters. The van der Waals surface area contributed by atoms with Crippen LogP contribution in [0, 0.1) is 23.7 Å². The van der Waals surface area contributed by atoms with E-state index in [1.165, 1.54) is 38.5 Å². The van der Waals surface area contributed by atoms with Crippen LogP contribution in [0.5, 0.6) is 5.75 Å². The summed E-state index contributed by atoms with van der Waals surface area (Å²) < 4.78 is 6.41. The molecule has 0 N–H and O–H groups in total. The minimum Gasteiger partial charge on any atom is -0.489 e. The maximum absolute atomic E-state index is 13.4. The summed E-state index contributed by atoms with van der Waals surface area (Å²) in [6, 6.07) is 12.5. The normalized spacial score (nSPS) is 31.9. The van der Waals surface area contributed by atoms with Gasteiger partial charge in [-0.25, -0.2) is 0 Å². The standard InChI is InChI=1S/C32H35ClN2O2/c1-34-30-20-26(18-24-13-15-32(24,30)34)37-29-12-10-25(19-28(29)33)35-16-14-23-17-22(9-11-27(23)31(35)36)8-4-7-21-5-2-3-6-21/h9-12,17,19,21,24,26,30H,2-3,5-7,13-16,18,20H2,1H3/t24-,26+,30-,32?,34?/m1/s1. The van der Waals surface area contributed by atoms with Gasteiger partial charge in [0.2, 0.25) is 0 Å². The van der Waals surface area contributed by atoms with Gasteiger partial charge in [-0.1, -0.05) is 36.3 Å². The van der Waals surface area contributed by atoms with E-state index in [1.807, 2.05) is 35.2 Å². The van der Waals surface area contributed by atoms with Crippen LogP contribution in [0.3, 0.4) is 0 Å². The molecule has 7 rings (SSSR count). The molecule has 0 aromatic heterocycles. The van der Waals surface area contributed by atoms with Crippen molar-refractivity contribution >= 4 is 23.2 Å². The summed E-state index contributed by atoms with van der Waals surface area (Å²) in [4.78, 5) is 17.8. The average Bonchev–Trinajstić information content (AvgIpc) is 3.22. The van der Waals surface area contributed by atoms with Gasteiger partial charge in [0.25, 0.3) is 5.91 Å². The lowest BCUT2D eigenvalue weighted by molar-refractivity contribution is 0.0655. The Kier molecular flexibility index (Phi) is 5.79. The molecule has 1 amide bonds. The van der Waals surface area contributed by atoms with Crippen LogP contribution in [-0.4, -0.2) is 42.1 Å². The van der Waals surface area contributed by atoms with Crippen molar-refractivity contribution in [3.8, 4) is 17.6 Å². The molecule has 37 heavy (non-hydrogen) atoms. The smallest absolute Gasteiger partial charge is 0.258 e. The van der Waals surface area contributed by atoms with Crippen LogP contribution in [0.2, 0.25) is 5.02 Å². The Bertz CT molecular complexity index is 1300. The van der Waals surface area contributed by atoms with Crippen molar-refractivity contribution in [2.75, 3.05) is 18.5 Å². The molecule has 1 saturated heterocycles. The highest BCUT2D eigenvalue weighted by Crippen LogP contribution is 2.64. The Morgan fingerprint density at radius 3 is 2.73 bits per heavy atom. The summed E-state index contributed by atoms with van der Waals surface area (Å²) in [5.41, 5.74) is 4.21. The molecule has 0 radical (unpaired) electrons. The number of fused-ring (bicyclic) bond motifs is 1. The largest absolute Gasteiger partial charge is 0.489 e. The molecule has 3 saturated carbocycles. The van der Waals surface area contributed by atoms with Crippen LogP contribution in [0.4, 0.5) is 5.69 Å². The van der Waals surface area contributed by atoms with Gasteiger partial charge < -0.3 is 9.64 Å². The van der Waals surface area contributed by atoms with E-state index in [1.54, 1.807) is 0 Å². The first-order valence-electron chi connectivity index (χ1n) is 14.2. The maximum Gasteiger partial charge on any atom is 0.258 e. The highest BCUT2D eigenvalue weighted by molar-refractivity contribution is 6.32. The fraction of sp³-hybridized carbons (Fsp3) is 0.531. The average molecular weight is 515 g/mol. The van der Waals surface area contributed by atoms with Crippen molar-refractivity contribution in [1.82, 2.24) is 4.90 Å². The summed E-state index contributed by atoms with van der Waals surface area (Å²) in [5, 5.41) is 0.582. The molecular weight excluding hydrogens is 480 g/mol. The predicted octanol–water partition coefficient (Wildman–Crippen LogP) is 6.48. The quantitative estimate of drug-likeness (QED) is 0.346. The van der Waals surface area contributed by atoms with E-state index >= 15 is 0 Å². The lowest BCUT2D eigenvalue weighted by atomic mass is 9.64. The molecule has 2 heterocycles. The fourth-order valence-electron chi connectivity index (χ4n) is 7.82. The van der Waals surface area contributed by atoms with Gasteiger partial charge in [0.15, 0.2) is 0 Å². The highest BCUT2D eigenvalue weighted by atomic mass is 35.5. The Balaban J connectivity index is 1.02. The highest BCUT2D eigenvalue weighted by Gasteiger charge is 2.71. The number of benzene rings is 2. The van der Waals surface area contributed by atoms with Gasteiger partial charge >= 0.3 is 0 Å². The van der Waals surface area contributed by atoms with Crippen LogP contribution in [0.1, 0.15) is 79.3 Å². The Morgan fingerprint density at radius 2 is 1.97 bits per heavy atom. The van der Waals surface area contributed by atoms with Crippen molar-refractivity contribution in [3.05, 3.63) is 58.1 Å². The zero-order valence-electron chi connectivity index (χ0n) is 21.6. The monoisotopic (exact) mass is 514 g/mol. The Morgan fingerprint density at radius 1 is 1.11 bits per heavy atom. The van der Waals surface area contributed by atoms with Gasteiger partial charge in [0.05, 0.1) is 5.02 Å². The van der Waals surface area contributed by atoms with Gasteiger partial charge in [-0.3, -0.25) is 9.69 Å². The minimum absolute atomic E-state index is 0.0295. The van der Waals surface area contributed by atoms with E-state index in [0.29, 0.717) is 23.1 Å². The number of amides is 1. The molecule has 2 aromatic carbocycles. The molecule has 192 valence electrons. The van der Waals surface area contributed by atoms with Crippen molar-refractivity contribution in [1.29, 1.82) is 0 Å². The topological polar surface area (TPSA) is 32.5 Å². The first-order valence-corrected chi connectivity index (χ1v) is 14.5. The van der Waals surface area contributed by atoms with E-state index in [-0.39, 0.29) is 12.0 Å². The molecule has 2 unspecified atom stereocenters. The third-order valence-electron chi connectivity index (χ3n) is 10.1. The molecule has 2 aliphatic heterocycles. The van der Waals surface area contributed by atoms with Crippen LogP contribution >= 0.6 is 11.6 Å². The van der Waals surface area contributed by atoms with Crippen molar-refractivity contribution in [2.45, 2.75) is 81.9 Å². The third kappa shape index (κ3) is 3.98. The molecule has 4 nitrogen and oxygen atoms in total. The number of likely N-dealkylation sites (tertiary alicyclic amines) is 1. The van der Waals surface area contributed by atoms with Gasteiger partial charge in [0.1, 0.15) is 11.9 Å². The maximum atomic E-state index is 13.4. The Labute approximate surface area is 225 Å². The summed E-state index contributed by atoms with van der Waals surface area (Å²) in [6.07, 6.45) is 12.2. The summed E-state index contributed by atoms with van der Waals surface area (Å²) in [5.74, 6) is 9.01. The molecule has 3 aliphatic carbocycles. The summed E-state index contributed by atoms with van der Waals surface area (Å²) in [6.45, 7) is 0.641. The second kappa shape index (κ2) is 9.07. The number of nitrogens with zero attached hydrogens (tertiary/aromatic N) is 2. The summed E-state index contributed by atoms with van der Waals surface area (Å²) in [7, 11) is 2.26. The van der Waals surface area contributed by atoms with Crippen molar-refractivity contribution in [2.24, 2.45) is 11.8 Å². The van der Waals surface area contributed by atoms with Gasteiger partial charge in [0, 0.05) is 47.8 Å². The number of hydrogen-bond donors (Lipinski definition) is 0. The number of rotatable bonds is 4. The third-order valence-corrected chi connectivity index (χ3v) is 10.4. The first-order chi connectivity index (χ1) is 18.0. The second-order valence-corrected chi connectivity index (χ2v) is 12.3. The van der Waals surface area contributed by atoms with E-state index in [2.05, 4.69) is 29.9 Å². The molecule has 4 fully saturated rings. The van der Waals surface area contributed by atoms with Crippen LogP contribution in [0.25, 0.3) is 0 Å².